The summed E-state index contributed by atoms with van der Waals surface area (Å²) in [4.78, 5) is 15.3. The third-order valence-corrected chi connectivity index (χ3v) is 5.79. The predicted octanol–water partition coefficient (Wildman–Crippen LogP) is 3.41. The Morgan fingerprint density at radius 1 is 0.962 bits per heavy atom. The fraction of sp³-hybridized carbons (Fsp3) is 0.409. The molecule has 2 fully saturated rings. The zero-order chi connectivity index (χ0) is 17.8. The number of likely N-dealkylation sites (tertiary alicyclic amines) is 1. The SMILES string of the molecule is O=C(C(Oc1ccccc1)c1ccccc1)N1CCC2(CCNC2)CC1. The predicted molar refractivity (Wildman–Crippen MR) is 102 cm³/mol. The van der Waals surface area contributed by atoms with E-state index in [1.807, 2.05) is 65.6 Å². The van der Waals surface area contributed by atoms with Crippen LogP contribution in [0.25, 0.3) is 0 Å². The van der Waals surface area contributed by atoms with Gasteiger partial charge in [-0.15, -0.1) is 0 Å². The summed E-state index contributed by atoms with van der Waals surface area (Å²) in [7, 11) is 0. The monoisotopic (exact) mass is 350 g/mol. The van der Waals surface area contributed by atoms with E-state index in [2.05, 4.69) is 5.32 Å². The van der Waals surface area contributed by atoms with Crippen LogP contribution < -0.4 is 10.1 Å². The van der Waals surface area contributed by atoms with Gasteiger partial charge in [-0.25, -0.2) is 0 Å². The van der Waals surface area contributed by atoms with E-state index in [1.165, 1.54) is 6.42 Å². The first kappa shape index (κ1) is 17.1. The van der Waals surface area contributed by atoms with Gasteiger partial charge in [0.25, 0.3) is 5.91 Å². The average molecular weight is 350 g/mol. The lowest BCUT2D eigenvalue weighted by Gasteiger charge is -2.40. The molecular weight excluding hydrogens is 324 g/mol. The fourth-order valence-electron chi connectivity index (χ4n) is 4.11. The molecule has 2 aromatic carbocycles. The molecule has 1 unspecified atom stereocenters. The molecule has 26 heavy (non-hydrogen) atoms. The number of hydrogen-bond acceptors (Lipinski definition) is 3. The van der Waals surface area contributed by atoms with Crippen molar-refractivity contribution in [2.24, 2.45) is 5.41 Å². The number of carbonyl (C=O) groups is 1. The van der Waals surface area contributed by atoms with Crippen molar-refractivity contribution >= 4 is 5.91 Å². The molecular formula is C22H26N2O2. The number of nitrogens with one attached hydrogen (secondary N) is 1. The first-order chi connectivity index (χ1) is 12.8. The molecule has 4 rings (SSSR count). The molecule has 0 aromatic heterocycles. The summed E-state index contributed by atoms with van der Waals surface area (Å²) in [5, 5.41) is 3.48. The Labute approximate surface area is 155 Å². The molecule has 4 heteroatoms. The van der Waals surface area contributed by atoms with Gasteiger partial charge in [-0.1, -0.05) is 48.5 Å². The topological polar surface area (TPSA) is 41.6 Å². The van der Waals surface area contributed by atoms with Gasteiger partial charge in [0.05, 0.1) is 0 Å². The lowest BCUT2D eigenvalue weighted by molar-refractivity contribution is -0.141. The highest BCUT2D eigenvalue weighted by Gasteiger charge is 2.39. The Bertz CT molecular complexity index is 716. The van der Waals surface area contributed by atoms with Gasteiger partial charge in [0.2, 0.25) is 6.10 Å². The zero-order valence-corrected chi connectivity index (χ0v) is 15.1. The Balaban J connectivity index is 1.51. The number of hydrogen-bond donors (Lipinski definition) is 1. The lowest BCUT2D eigenvalue weighted by Crippen LogP contribution is -2.46. The van der Waals surface area contributed by atoms with Crippen LogP contribution in [0.15, 0.2) is 60.7 Å². The summed E-state index contributed by atoms with van der Waals surface area (Å²) < 4.78 is 6.13. The number of benzene rings is 2. The average Bonchev–Trinajstić information content (AvgIpc) is 3.16. The molecule has 2 saturated heterocycles. The number of para-hydroxylation sites is 1. The number of carbonyl (C=O) groups excluding carboxylic acids is 1. The Morgan fingerprint density at radius 2 is 1.62 bits per heavy atom. The fourth-order valence-corrected chi connectivity index (χ4v) is 4.11. The Hall–Kier alpha value is -2.33. The highest BCUT2D eigenvalue weighted by molar-refractivity contribution is 5.82. The van der Waals surface area contributed by atoms with Gasteiger partial charge in [-0.2, -0.15) is 0 Å². The maximum absolute atomic E-state index is 13.3. The Kier molecular flexibility index (Phi) is 4.93. The lowest BCUT2D eigenvalue weighted by atomic mass is 9.77. The molecule has 0 bridgehead atoms. The van der Waals surface area contributed by atoms with Crippen LogP contribution in [0.4, 0.5) is 0 Å². The van der Waals surface area contributed by atoms with Crippen LogP contribution in [0.5, 0.6) is 5.75 Å². The van der Waals surface area contributed by atoms with Gasteiger partial charge >= 0.3 is 0 Å². The summed E-state index contributed by atoms with van der Waals surface area (Å²) in [5.41, 5.74) is 1.31. The van der Waals surface area contributed by atoms with E-state index >= 15 is 0 Å². The molecule has 136 valence electrons. The van der Waals surface area contributed by atoms with Gasteiger partial charge in [0.15, 0.2) is 0 Å². The normalized spacial score (nSPS) is 20.1. The van der Waals surface area contributed by atoms with Crippen LogP contribution in [0.1, 0.15) is 30.9 Å². The summed E-state index contributed by atoms with van der Waals surface area (Å²) in [6, 6.07) is 19.4. The smallest absolute Gasteiger partial charge is 0.268 e. The second-order valence-electron chi connectivity index (χ2n) is 7.47. The van der Waals surface area contributed by atoms with Crippen LogP contribution in [-0.4, -0.2) is 37.0 Å². The standard InChI is InChI=1S/C22H26N2O2/c25-21(24-15-12-22(13-16-24)11-14-23-17-22)20(18-7-3-1-4-8-18)26-19-9-5-2-6-10-19/h1-10,20,23H,11-17H2. The zero-order valence-electron chi connectivity index (χ0n) is 15.1. The number of ether oxygens (including phenoxy) is 1. The molecule has 2 aliphatic heterocycles. The van der Waals surface area contributed by atoms with Crippen molar-refractivity contribution < 1.29 is 9.53 Å². The van der Waals surface area contributed by atoms with E-state index in [0.29, 0.717) is 5.41 Å². The minimum Gasteiger partial charge on any atom is -0.476 e. The van der Waals surface area contributed by atoms with Crippen LogP contribution in [-0.2, 0) is 4.79 Å². The highest BCUT2D eigenvalue weighted by atomic mass is 16.5. The molecule has 2 aliphatic rings. The van der Waals surface area contributed by atoms with Crippen molar-refractivity contribution in [3.63, 3.8) is 0 Å². The minimum atomic E-state index is -0.589. The largest absolute Gasteiger partial charge is 0.476 e. The van der Waals surface area contributed by atoms with E-state index in [0.717, 1.165) is 50.3 Å². The maximum atomic E-state index is 13.3. The first-order valence-corrected chi connectivity index (χ1v) is 9.52. The molecule has 0 radical (unpaired) electrons. The van der Waals surface area contributed by atoms with Crippen molar-refractivity contribution in [2.75, 3.05) is 26.2 Å². The molecule has 1 amide bonds. The third kappa shape index (κ3) is 3.61. The third-order valence-electron chi connectivity index (χ3n) is 5.79. The molecule has 0 saturated carbocycles. The van der Waals surface area contributed by atoms with Gasteiger partial charge in [0, 0.05) is 25.2 Å². The van der Waals surface area contributed by atoms with E-state index < -0.39 is 6.10 Å². The quantitative estimate of drug-likeness (QED) is 0.919. The molecule has 4 nitrogen and oxygen atoms in total. The summed E-state index contributed by atoms with van der Waals surface area (Å²) in [6.07, 6.45) is 2.81. The van der Waals surface area contributed by atoms with Crippen molar-refractivity contribution in [1.29, 1.82) is 0 Å². The first-order valence-electron chi connectivity index (χ1n) is 9.52. The summed E-state index contributed by atoms with van der Waals surface area (Å²) in [5.74, 6) is 0.795. The number of amides is 1. The second kappa shape index (κ2) is 7.50. The van der Waals surface area contributed by atoms with E-state index in [4.69, 9.17) is 4.74 Å². The van der Waals surface area contributed by atoms with E-state index in [-0.39, 0.29) is 5.91 Å². The van der Waals surface area contributed by atoms with E-state index in [1.54, 1.807) is 0 Å². The van der Waals surface area contributed by atoms with Gasteiger partial charge in [-0.3, -0.25) is 4.79 Å². The van der Waals surface area contributed by atoms with Crippen molar-refractivity contribution in [3.8, 4) is 5.75 Å². The van der Waals surface area contributed by atoms with Gasteiger partial charge in [-0.05, 0) is 43.4 Å². The molecule has 2 aromatic rings. The van der Waals surface area contributed by atoms with Crippen LogP contribution >= 0.6 is 0 Å². The van der Waals surface area contributed by atoms with Crippen LogP contribution in [0.2, 0.25) is 0 Å². The molecule has 1 atom stereocenters. The van der Waals surface area contributed by atoms with Gasteiger partial charge < -0.3 is 15.0 Å². The molecule has 0 aliphatic carbocycles. The molecule has 1 spiro atoms. The minimum absolute atomic E-state index is 0.0702. The van der Waals surface area contributed by atoms with Crippen LogP contribution in [0, 0.1) is 5.41 Å². The van der Waals surface area contributed by atoms with Crippen molar-refractivity contribution in [3.05, 3.63) is 66.2 Å². The number of rotatable bonds is 4. The van der Waals surface area contributed by atoms with Gasteiger partial charge in [0.1, 0.15) is 5.75 Å². The maximum Gasteiger partial charge on any atom is 0.268 e. The van der Waals surface area contributed by atoms with Crippen molar-refractivity contribution in [2.45, 2.75) is 25.4 Å². The highest BCUT2D eigenvalue weighted by Crippen LogP contribution is 2.37. The molecule has 1 N–H and O–H groups in total. The van der Waals surface area contributed by atoms with Crippen LogP contribution in [0.3, 0.4) is 0 Å². The number of piperidine rings is 1. The Morgan fingerprint density at radius 3 is 2.23 bits per heavy atom. The number of nitrogens with zero attached hydrogens (tertiary/aromatic N) is 1. The second-order valence-corrected chi connectivity index (χ2v) is 7.47. The summed E-state index contributed by atoms with van der Waals surface area (Å²) in [6.45, 7) is 3.85. The van der Waals surface area contributed by atoms with Crippen molar-refractivity contribution in [1.82, 2.24) is 10.2 Å². The van der Waals surface area contributed by atoms with E-state index in [9.17, 15) is 4.79 Å². The molecule has 2 heterocycles. The summed E-state index contributed by atoms with van der Waals surface area (Å²) >= 11 is 0.